The number of amides is 1. The van der Waals surface area contributed by atoms with Crippen LogP contribution in [0.15, 0.2) is 29.6 Å². The van der Waals surface area contributed by atoms with Crippen molar-refractivity contribution < 1.29 is 4.79 Å². The van der Waals surface area contributed by atoms with Crippen molar-refractivity contribution in [1.29, 1.82) is 0 Å². The van der Waals surface area contributed by atoms with Crippen LogP contribution in [0.25, 0.3) is 0 Å². The van der Waals surface area contributed by atoms with Gasteiger partial charge in [0.25, 0.3) is 0 Å². The normalized spacial score (nSPS) is 16.7. The van der Waals surface area contributed by atoms with Crippen LogP contribution in [0.2, 0.25) is 0 Å². The second-order valence-electron chi connectivity index (χ2n) is 5.42. The highest BCUT2D eigenvalue weighted by atomic mass is 32.1. The molecule has 1 heterocycles. The second kappa shape index (κ2) is 6.26. The molecule has 2 aromatic rings. The molecule has 5 heteroatoms. The van der Waals surface area contributed by atoms with E-state index in [0.717, 1.165) is 25.0 Å². The van der Waals surface area contributed by atoms with Gasteiger partial charge in [-0.05, 0) is 29.9 Å². The largest absolute Gasteiger partial charge is 0.375 e. The van der Waals surface area contributed by atoms with Crippen LogP contribution in [0.5, 0.6) is 0 Å². The molecule has 0 saturated heterocycles. The number of hydrogen-bond acceptors (Lipinski definition) is 4. The van der Waals surface area contributed by atoms with Crippen LogP contribution in [-0.2, 0) is 17.6 Å². The lowest BCUT2D eigenvalue weighted by Gasteiger charge is -2.11. The number of nitrogen functional groups attached to an aromatic ring is 1. The van der Waals surface area contributed by atoms with Gasteiger partial charge in [0, 0.05) is 24.8 Å². The average Bonchev–Trinajstić information content (AvgIpc) is 3.06. The summed E-state index contributed by atoms with van der Waals surface area (Å²) in [5.41, 5.74) is 9.28. The number of nitrogens with zero attached hydrogens (tertiary/aromatic N) is 1. The van der Waals surface area contributed by atoms with Crippen LogP contribution in [-0.4, -0.2) is 17.4 Å². The minimum absolute atomic E-state index is 0.125. The molecule has 1 atom stereocenters. The molecule has 1 aromatic carbocycles. The SMILES string of the molecule is Nc1nc(CCNC(=O)C[C@H]2CCc3ccccc32)cs1. The van der Waals surface area contributed by atoms with E-state index in [2.05, 4.69) is 34.6 Å². The zero-order valence-corrected chi connectivity index (χ0v) is 12.7. The molecule has 0 bridgehead atoms. The van der Waals surface area contributed by atoms with Crippen LogP contribution in [0.1, 0.15) is 35.6 Å². The summed E-state index contributed by atoms with van der Waals surface area (Å²) in [6.07, 6.45) is 3.48. The fourth-order valence-corrected chi connectivity index (χ4v) is 3.52. The molecule has 3 N–H and O–H groups in total. The number of nitrogens with two attached hydrogens (primary N) is 1. The second-order valence-corrected chi connectivity index (χ2v) is 6.31. The Morgan fingerprint density at radius 1 is 1.43 bits per heavy atom. The van der Waals surface area contributed by atoms with Crippen LogP contribution in [0, 0.1) is 0 Å². The maximum atomic E-state index is 12.1. The van der Waals surface area contributed by atoms with Gasteiger partial charge in [-0.1, -0.05) is 24.3 Å². The van der Waals surface area contributed by atoms with Gasteiger partial charge in [-0.15, -0.1) is 11.3 Å². The Morgan fingerprint density at radius 3 is 3.10 bits per heavy atom. The van der Waals surface area contributed by atoms with E-state index in [1.165, 1.54) is 22.5 Å². The van der Waals surface area contributed by atoms with E-state index >= 15 is 0 Å². The Balaban J connectivity index is 1.47. The van der Waals surface area contributed by atoms with Gasteiger partial charge in [-0.2, -0.15) is 0 Å². The monoisotopic (exact) mass is 301 g/mol. The van der Waals surface area contributed by atoms with E-state index in [0.29, 0.717) is 24.0 Å². The molecule has 0 aliphatic heterocycles. The number of hydrogen-bond donors (Lipinski definition) is 2. The minimum atomic E-state index is 0.125. The maximum absolute atomic E-state index is 12.1. The molecule has 21 heavy (non-hydrogen) atoms. The lowest BCUT2D eigenvalue weighted by molar-refractivity contribution is -0.121. The molecule has 1 amide bonds. The Labute approximate surface area is 128 Å². The van der Waals surface area contributed by atoms with Gasteiger partial charge in [-0.3, -0.25) is 4.79 Å². The van der Waals surface area contributed by atoms with Gasteiger partial charge >= 0.3 is 0 Å². The molecule has 4 nitrogen and oxygen atoms in total. The number of thiazole rings is 1. The number of nitrogens with one attached hydrogen (secondary N) is 1. The maximum Gasteiger partial charge on any atom is 0.220 e. The molecule has 0 unspecified atom stereocenters. The predicted octanol–water partition coefficient (Wildman–Crippen LogP) is 2.50. The Kier molecular flexibility index (Phi) is 4.20. The Hall–Kier alpha value is -1.88. The number of carbonyl (C=O) groups excluding carboxylic acids is 1. The van der Waals surface area contributed by atoms with Gasteiger partial charge in [-0.25, -0.2) is 4.98 Å². The first-order valence-corrected chi connectivity index (χ1v) is 8.14. The summed E-state index contributed by atoms with van der Waals surface area (Å²) in [4.78, 5) is 16.2. The van der Waals surface area contributed by atoms with Crippen LogP contribution in [0.3, 0.4) is 0 Å². The van der Waals surface area contributed by atoms with E-state index in [4.69, 9.17) is 5.73 Å². The molecule has 1 aliphatic carbocycles. The lowest BCUT2D eigenvalue weighted by Crippen LogP contribution is -2.26. The van der Waals surface area contributed by atoms with Crippen molar-refractivity contribution in [2.75, 3.05) is 12.3 Å². The number of anilines is 1. The van der Waals surface area contributed by atoms with Gasteiger partial charge in [0.2, 0.25) is 5.91 Å². The van der Waals surface area contributed by atoms with Crippen LogP contribution in [0.4, 0.5) is 5.13 Å². The molecule has 1 aliphatic rings. The quantitative estimate of drug-likeness (QED) is 0.891. The summed E-state index contributed by atoms with van der Waals surface area (Å²) in [6.45, 7) is 0.621. The first-order chi connectivity index (χ1) is 10.2. The molecule has 0 saturated carbocycles. The minimum Gasteiger partial charge on any atom is -0.375 e. The predicted molar refractivity (Wildman–Crippen MR) is 85.4 cm³/mol. The highest BCUT2D eigenvalue weighted by Gasteiger charge is 2.23. The van der Waals surface area contributed by atoms with Crippen molar-refractivity contribution >= 4 is 22.4 Å². The van der Waals surface area contributed by atoms with Crippen molar-refractivity contribution in [3.63, 3.8) is 0 Å². The molecule has 0 radical (unpaired) electrons. The van der Waals surface area contributed by atoms with E-state index < -0.39 is 0 Å². The van der Waals surface area contributed by atoms with E-state index in [1.54, 1.807) is 0 Å². The number of carbonyl (C=O) groups is 1. The number of aryl methyl sites for hydroxylation is 1. The topological polar surface area (TPSA) is 68.0 Å². The summed E-state index contributed by atoms with van der Waals surface area (Å²) in [5.74, 6) is 0.496. The summed E-state index contributed by atoms with van der Waals surface area (Å²) in [6, 6.07) is 8.45. The average molecular weight is 301 g/mol. The molecular weight excluding hydrogens is 282 g/mol. The van der Waals surface area contributed by atoms with Crippen molar-refractivity contribution in [2.45, 2.75) is 31.6 Å². The fourth-order valence-electron chi connectivity index (χ4n) is 2.92. The van der Waals surface area contributed by atoms with Crippen molar-refractivity contribution in [2.24, 2.45) is 0 Å². The number of aromatic nitrogens is 1. The standard InChI is InChI=1S/C16H19N3OS/c17-16-19-13(10-21-16)7-8-18-15(20)9-12-6-5-11-3-1-2-4-14(11)12/h1-4,10,12H,5-9H2,(H2,17,19)(H,18,20)/t12-/m1/s1. The number of fused-ring (bicyclic) bond motifs is 1. The van der Waals surface area contributed by atoms with Crippen molar-refractivity contribution in [1.82, 2.24) is 10.3 Å². The van der Waals surface area contributed by atoms with E-state index in [-0.39, 0.29) is 5.91 Å². The molecule has 3 rings (SSSR count). The van der Waals surface area contributed by atoms with Crippen LogP contribution < -0.4 is 11.1 Å². The molecular formula is C16H19N3OS. The molecule has 0 fully saturated rings. The number of benzene rings is 1. The molecule has 0 spiro atoms. The van der Waals surface area contributed by atoms with Gasteiger partial charge < -0.3 is 11.1 Å². The van der Waals surface area contributed by atoms with Gasteiger partial charge in [0.15, 0.2) is 5.13 Å². The molecule has 110 valence electrons. The summed E-state index contributed by atoms with van der Waals surface area (Å²) < 4.78 is 0. The van der Waals surface area contributed by atoms with Crippen molar-refractivity contribution in [3.8, 4) is 0 Å². The Bertz CT molecular complexity index is 638. The van der Waals surface area contributed by atoms with Gasteiger partial charge in [0.1, 0.15) is 0 Å². The Morgan fingerprint density at radius 2 is 2.29 bits per heavy atom. The van der Waals surface area contributed by atoms with Gasteiger partial charge in [0.05, 0.1) is 5.69 Å². The molecule has 1 aromatic heterocycles. The first-order valence-electron chi connectivity index (χ1n) is 7.27. The highest BCUT2D eigenvalue weighted by Crippen LogP contribution is 2.34. The summed E-state index contributed by atoms with van der Waals surface area (Å²) >= 11 is 1.44. The first kappa shape index (κ1) is 14.1. The lowest BCUT2D eigenvalue weighted by atomic mass is 9.97. The third-order valence-corrected chi connectivity index (χ3v) is 4.68. The van der Waals surface area contributed by atoms with E-state index in [1.807, 2.05) is 5.38 Å². The zero-order chi connectivity index (χ0) is 14.7. The third-order valence-electron chi connectivity index (χ3n) is 3.96. The smallest absolute Gasteiger partial charge is 0.220 e. The fraction of sp³-hybridized carbons (Fsp3) is 0.375. The summed E-state index contributed by atoms with van der Waals surface area (Å²) in [7, 11) is 0. The zero-order valence-electron chi connectivity index (χ0n) is 11.8. The van der Waals surface area contributed by atoms with E-state index in [9.17, 15) is 4.79 Å². The number of rotatable bonds is 5. The highest BCUT2D eigenvalue weighted by molar-refractivity contribution is 7.13. The summed E-state index contributed by atoms with van der Waals surface area (Å²) in [5, 5.41) is 5.50. The van der Waals surface area contributed by atoms with Crippen LogP contribution >= 0.6 is 11.3 Å². The van der Waals surface area contributed by atoms with Crippen molar-refractivity contribution in [3.05, 3.63) is 46.5 Å². The third kappa shape index (κ3) is 3.42.